The fourth-order valence-electron chi connectivity index (χ4n) is 3.12. The van der Waals surface area contributed by atoms with Crippen LogP contribution in [0.3, 0.4) is 0 Å². The number of methoxy groups -OCH3 is 1. The van der Waals surface area contributed by atoms with E-state index in [9.17, 15) is 14.4 Å². The Hall–Kier alpha value is -3.16. The van der Waals surface area contributed by atoms with Crippen molar-refractivity contribution >= 4 is 11.8 Å². The number of hydrogen-bond acceptors (Lipinski definition) is 5. The number of ether oxygens (including phenoxy) is 1. The first-order valence-electron chi connectivity index (χ1n) is 8.74. The van der Waals surface area contributed by atoms with Crippen LogP contribution in [0, 0.1) is 12.8 Å². The second kappa shape index (κ2) is 7.61. The Kier molecular flexibility index (Phi) is 5.25. The quantitative estimate of drug-likeness (QED) is 0.860. The predicted octanol–water partition coefficient (Wildman–Crippen LogP) is 0.887. The lowest BCUT2D eigenvalue weighted by Gasteiger charge is -2.30. The summed E-state index contributed by atoms with van der Waals surface area (Å²) in [6.07, 6.45) is 0.979. The molecule has 1 aliphatic heterocycles. The first-order chi connectivity index (χ1) is 12.9. The lowest BCUT2D eigenvalue weighted by molar-refractivity contribution is -0.123. The standard InChI is InChI=1S/C19H22N4O4/c1-12-3-5-14(6-4-12)23-16(27-2)11-15(24)17(21-23)19(26)22-9-7-13(8-10-22)18(20)25/h3-6,11,13H,7-10H2,1-2H3,(H2,20,25). The number of likely N-dealkylation sites (tertiary alicyclic amines) is 1. The lowest BCUT2D eigenvalue weighted by Crippen LogP contribution is -2.43. The molecule has 1 aromatic heterocycles. The number of benzene rings is 1. The Bertz CT molecular complexity index is 912. The number of primary amides is 1. The lowest BCUT2D eigenvalue weighted by atomic mass is 9.96. The minimum Gasteiger partial charge on any atom is -0.481 e. The van der Waals surface area contributed by atoms with Crippen molar-refractivity contribution in [2.24, 2.45) is 11.7 Å². The molecule has 0 bridgehead atoms. The third kappa shape index (κ3) is 3.84. The molecule has 1 aromatic carbocycles. The molecule has 8 nitrogen and oxygen atoms in total. The normalized spacial score (nSPS) is 14.8. The molecule has 0 spiro atoms. The van der Waals surface area contributed by atoms with Crippen LogP contribution in [0.2, 0.25) is 0 Å². The van der Waals surface area contributed by atoms with Crippen molar-refractivity contribution < 1.29 is 14.3 Å². The summed E-state index contributed by atoms with van der Waals surface area (Å²) in [5.41, 5.74) is 6.41. The van der Waals surface area contributed by atoms with E-state index in [1.165, 1.54) is 22.8 Å². The van der Waals surface area contributed by atoms with Gasteiger partial charge in [0.25, 0.3) is 5.91 Å². The van der Waals surface area contributed by atoms with E-state index in [0.717, 1.165) is 5.56 Å². The van der Waals surface area contributed by atoms with Gasteiger partial charge in [0.2, 0.25) is 17.2 Å². The molecule has 3 rings (SSSR count). The molecule has 0 saturated carbocycles. The largest absolute Gasteiger partial charge is 0.481 e. The topological polar surface area (TPSA) is 108 Å². The number of nitrogens with zero attached hydrogens (tertiary/aromatic N) is 3. The van der Waals surface area contributed by atoms with Gasteiger partial charge in [0.15, 0.2) is 5.69 Å². The summed E-state index contributed by atoms with van der Waals surface area (Å²) in [5.74, 6) is -0.798. The van der Waals surface area contributed by atoms with E-state index in [2.05, 4.69) is 5.10 Å². The van der Waals surface area contributed by atoms with Crippen LogP contribution in [0.4, 0.5) is 0 Å². The first kappa shape index (κ1) is 18.6. The van der Waals surface area contributed by atoms with E-state index in [1.807, 2.05) is 31.2 Å². The molecular formula is C19H22N4O4. The molecule has 0 aliphatic carbocycles. The molecule has 1 saturated heterocycles. The van der Waals surface area contributed by atoms with Gasteiger partial charge >= 0.3 is 0 Å². The highest BCUT2D eigenvalue weighted by Gasteiger charge is 2.29. The maximum atomic E-state index is 12.8. The zero-order chi connectivity index (χ0) is 19.6. The Morgan fingerprint density at radius 2 is 1.81 bits per heavy atom. The minimum atomic E-state index is -0.503. The number of rotatable bonds is 4. The number of carbonyl (C=O) groups excluding carboxylic acids is 2. The molecule has 1 fully saturated rings. The van der Waals surface area contributed by atoms with Crippen LogP contribution in [0.1, 0.15) is 28.9 Å². The van der Waals surface area contributed by atoms with Crippen molar-refractivity contribution in [1.29, 1.82) is 0 Å². The Morgan fingerprint density at radius 1 is 1.19 bits per heavy atom. The van der Waals surface area contributed by atoms with Crippen LogP contribution in [0.25, 0.3) is 5.69 Å². The third-order valence-electron chi connectivity index (χ3n) is 4.77. The zero-order valence-corrected chi connectivity index (χ0v) is 15.3. The molecule has 0 radical (unpaired) electrons. The van der Waals surface area contributed by atoms with Gasteiger partial charge in [0, 0.05) is 19.0 Å². The van der Waals surface area contributed by atoms with Gasteiger partial charge in [-0.1, -0.05) is 17.7 Å². The average Bonchev–Trinajstić information content (AvgIpc) is 2.68. The average molecular weight is 370 g/mol. The molecule has 8 heteroatoms. The minimum absolute atomic E-state index is 0.172. The van der Waals surface area contributed by atoms with Gasteiger partial charge < -0.3 is 15.4 Å². The maximum absolute atomic E-state index is 12.8. The highest BCUT2D eigenvalue weighted by Crippen LogP contribution is 2.19. The summed E-state index contributed by atoms with van der Waals surface area (Å²) >= 11 is 0. The fourth-order valence-corrected chi connectivity index (χ4v) is 3.12. The van der Waals surface area contributed by atoms with Crippen molar-refractivity contribution in [3.05, 3.63) is 51.8 Å². The Balaban J connectivity index is 1.93. The van der Waals surface area contributed by atoms with Crippen molar-refractivity contribution in [3.8, 4) is 11.6 Å². The van der Waals surface area contributed by atoms with Gasteiger partial charge in [-0.3, -0.25) is 14.4 Å². The fraction of sp³-hybridized carbons (Fsp3) is 0.368. The molecule has 2 N–H and O–H groups in total. The van der Waals surface area contributed by atoms with Gasteiger partial charge in [-0.2, -0.15) is 5.10 Å². The van der Waals surface area contributed by atoms with Crippen LogP contribution in [0.5, 0.6) is 5.88 Å². The summed E-state index contributed by atoms with van der Waals surface area (Å²) in [4.78, 5) is 38.1. The molecule has 2 amide bonds. The van der Waals surface area contributed by atoms with Crippen molar-refractivity contribution in [2.75, 3.05) is 20.2 Å². The summed E-state index contributed by atoms with van der Waals surface area (Å²) < 4.78 is 6.69. The molecule has 0 atom stereocenters. The number of aryl methyl sites for hydroxylation is 1. The molecule has 27 heavy (non-hydrogen) atoms. The first-order valence-corrected chi connectivity index (χ1v) is 8.74. The predicted molar refractivity (Wildman–Crippen MR) is 98.9 cm³/mol. The highest BCUT2D eigenvalue weighted by atomic mass is 16.5. The maximum Gasteiger partial charge on any atom is 0.278 e. The summed E-state index contributed by atoms with van der Waals surface area (Å²) in [5, 5.41) is 4.27. The Labute approximate surface area is 156 Å². The van der Waals surface area contributed by atoms with Crippen LogP contribution in [-0.4, -0.2) is 46.7 Å². The smallest absolute Gasteiger partial charge is 0.278 e. The van der Waals surface area contributed by atoms with Crippen LogP contribution >= 0.6 is 0 Å². The van der Waals surface area contributed by atoms with Gasteiger partial charge in [-0.15, -0.1) is 0 Å². The van der Waals surface area contributed by atoms with E-state index in [1.54, 1.807) is 0 Å². The molecular weight excluding hydrogens is 348 g/mol. The number of piperidine rings is 1. The number of aromatic nitrogens is 2. The summed E-state index contributed by atoms with van der Waals surface area (Å²) in [6, 6.07) is 8.75. The molecule has 1 aliphatic rings. The monoisotopic (exact) mass is 370 g/mol. The second-order valence-corrected chi connectivity index (χ2v) is 6.62. The van der Waals surface area contributed by atoms with Gasteiger partial charge in [-0.25, -0.2) is 4.68 Å². The number of hydrogen-bond donors (Lipinski definition) is 1. The van der Waals surface area contributed by atoms with Gasteiger partial charge in [0.05, 0.1) is 18.9 Å². The molecule has 142 valence electrons. The van der Waals surface area contributed by atoms with Crippen LogP contribution < -0.4 is 15.9 Å². The van der Waals surface area contributed by atoms with E-state index in [0.29, 0.717) is 31.6 Å². The third-order valence-corrected chi connectivity index (χ3v) is 4.77. The van der Waals surface area contributed by atoms with E-state index < -0.39 is 11.3 Å². The molecule has 0 unspecified atom stereocenters. The number of carbonyl (C=O) groups is 2. The molecule has 2 heterocycles. The summed E-state index contributed by atoms with van der Waals surface area (Å²) in [6.45, 7) is 2.69. The SMILES string of the molecule is COc1cc(=O)c(C(=O)N2CCC(C(N)=O)CC2)nn1-c1ccc(C)cc1. The zero-order valence-electron chi connectivity index (χ0n) is 15.3. The van der Waals surface area contributed by atoms with E-state index in [4.69, 9.17) is 10.5 Å². The summed E-state index contributed by atoms with van der Waals surface area (Å²) in [7, 11) is 1.44. The van der Waals surface area contributed by atoms with Crippen molar-refractivity contribution in [2.45, 2.75) is 19.8 Å². The second-order valence-electron chi connectivity index (χ2n) is 6.62. The van der Waals surface area contributed by atoms with E-state index in [-0.39, 0.29) is 23.4 Å². The number of amides is 2. The van der Waals surface area contributed by atoms with Gasteiger partial charge in [-0.05, 0) is 31.9 Å². The van der Waals surface area contributed by atoms with Crippen LogP contribution in [-0.2, 0) is 4.79 Å². The van der Waals surface area contributed by atoms with E-state index >= 15 is 0 Å². The van der Waals surface area contributed by atoms with Gasteiger partial charge in [0.1, 0.15) is 0 Å². The highest BCUT2D eigenvalue weighted by molar-refractivity contribution is 5.92. The van der Waals surface area contributed by atoms with Crippen molar-refractivity contribution in [3.63, 3.8) is 0 Å². The molecule has 2 aromatic rings. The van der Waals surface area contributed by atoms with Crippen molar-refractivity contribution in [1.82, 2.24) is 14.7 Å². The Morgan fingerprint density at radius 3 is 2.37 bits per heavy atom. The number of nitrogens with two attached hydrogens (primary N) is 1. The van der Waals surface area contributed by atoms with Crippen LogP contribution in [0.15, 0.2) is 35.1 Å².